The molecular formula is C10H21NO3. The molecule has 0 unspecified atom stereocenters. The van der Waals surface area contributed by atoms with E-state index in [1.165, 1.54) is 0 Å². The summed E-state index contributed by atoms with van der Waals surface area (Å²) in [5.41, 5.74) is 5.34. The normalized spacial score (nSPS) is 12.7. The molecule has 4 nitrogen and oxygen atoms in total. The molecule has 0 amide bonds. The minimum absolute atomic E-state index is 0.534. The van der Waals surface area contributed by atoms with Crippen LogP contribution in [0, 0.1) is 0 Å². The lowest BCUT2D eigenvalue weighted by atomic mass is 10.1. The van der Waals surface area contributed by atoms with Gasteiger partial charge in [0, 0.05) is 13.2 Å². The predicted molar refractivity (Wildman–Crippen MR) is 55.2 cm³/mol. The number of carboxylic acids is 1. The molecule has 0 radical (unpaired) electrons. The summed E-state index contributed by atoms with van der Waals surface area (Å²) in [7, 11) is 0. The first-order valence-electron chi connectivity index (χ1n) is 5.24. The van der Waals surface area contributed by atoms with E-state index in [0.29, 0.717) is 13.0 Å². The highest BCUT2D eigenvalue weighted by Gasteiger charge is 2.09. The lowest BCUT2D eigenvalue weighted by Gasteiger charge is -2.06. The molecule has 3 N–H and O–H groups in total. The van der Waals surface area contributed by atoms with Gasteiger partial charge in [0.2, 0.25) is 0 Å². The molecule has 0 aromatic heterocycles. The smallest absolute Gasteiger partial charge is 0.320 e. The standard InChI is InChI=1S/C10H21NO3/c1-2-3-7-14-8-5-4-6-9(11)10(12)13/h9H,2-8,11H2,1H3,(H,12,13)/t9-/m0/s1. The molecule has 14 heavy (non-hydrogen) atoms. The third-order valence-electron chi connectivity index (χ3n) is 2.01. The number of nitrogens with two attached hydrogens (primary N) is 1. The minimum Gasteiger partial charge on any atom is -0.480 e. The Kier molecular flexibility index (Phi) is 8.57. The summed E-state index contributed by atoms with van der Waals surface area (Å²) in [5.74, 6) is -0.920. The molecule has 0 heterocycles. The van der Waals surface area contributed by atoms with E-state index in [1.807, 2.05) is 0 Å². The van der Waals surface area contributed by atoms with E-state index in [2.05, 4.69) is 6.92 Å². The number of unbranched alkanes of at least 4 members (excludes halogenated alkanes) is 2. The van der Waals surface area contributed by atoms with Gasteiger partial charge in [-0.1, -0.05) is 13.3 Å². The minimum atomic E-state index is -0.920. The maximum atomic E-state index is 10.3. The second kappa shape index (κ2) is 8.97. The quantitative estimate of drug-likeness (QED) is 0.555. The van der Waals surface area contributed by atoms with Crippen LogP contribution >= 0.6 is 0 Å². The predicted octanol–water partition coefficient (Wildman–Crippen LogP) is 1.39. The third-order valence-corrected chi connectivity index (χ3v) is 2.01. The zero-order chi connectivity index (χ0) is 10.8. The average molecular weight is 203 g/mol. The van der Waals surface area contributed by atoms with Gasteiger partial charge in [-0.15, -0.1) is 0 Å². The highest BCUT2D eigenvalue weighted by Crippen LogP contribution is 2.00. The fraction of sp³-hybridized carbons (Fsp3) is 0.900. The van der Waals surface area contributed by atoms with E-state index >= 15 is 0 Å². The fourth-order valence-electron chi connectivity index (χ4n) is 1.04. The maximum absolute atomic E-state index is 10.3. The molecule has 84 valence electrons. The summed E-state index contributed by atoms with van der Waals surface area (Å²) >= 11 is 0. The van der Waals surface area contributed by atoms with Gasteiger partial charge in [0.05, 0.1) is 0 Å². The molecule has 0 aromatic carbocycles. The number of carboxylic acid groups (broad SMARTS) is 1. The van der Waals surface area contributed by atoms with Crippen LogP contribution in [0.4, 0.5) is 0 Å². The highest BCUT2D eigenvalue weighted by molar-refractivity contribution is 5.72. The van der Waals surface area contributed by atoms with E-state index in [0.717, 1.165) is 32.3 Å². The largest absolute Gasteiger partial charge is 0.480 e. The summed E-state index contributed by atoms with van der Waals surface area (Å²) in [6, 6.07) is -0.717. The lowest BCUT2D eigenvalue weighted by molar-refractivity contribution is -0.138. The van der Waals surface area contributed by atoms with Crippen molar-refractivity contribution in [1.29, 1.82) is 0 Å². The van der Waals surface area contributed by atoms with Crippen LogP contribution in [0.1, 0.15) is 39.0 Å². The van der Waals surface area contributed by atoms with E-state index in [-0.39, 0.29) is 0 Å². The Bertz CT molecular complexity index is 150. The van der Waals surface area contributed by atoms with Crippen molar-refractivity contribution >= 4 is 5.97 Å². The van der Waals surface area contributed by atoms with Crippen LogP contribution in [0.25, 0.3) is 0 Å². The number of hydrogen-bond acceptors (Lipinski definition) is 3. The zero-order valence-corrected chi connectivity index (χ0v) is 8.87. The van der Waals surface area contributed by atoms with Crippen LogP contribution in [-0.4, -0.2) is 30.3 Å². The second-order valence-electron chi connectivity index (χ2n) is 3.41. The molecule has 0 aliphatic carbocycles. The topological polar surface area (TPSA) is 72.5 Å². The first-order chi connectivity index (χ1) is 6.68. The lowest BCUT2D eigenvalue weighted by Crippen LogP contribution is -2.29. The van der Waals surface area contributed by atoms with Gasteiger partial charge in [-0.05, 0) is 25.7 Å². The Balaban J connectivity index is 3.09. The van der Waals surface area contributed by atoms with Crippen molar-refractivity contribution in [3.8, 4) is 0 Å². The van der Waals surface area contributed by atoms with E-state index in [9.17, 15) is 4.79 Å². The van der Waals surface area contributed by atoms with Gasteiger partial charge < -0.3 is 15.6 Å². The Morgan fingerprint density at radius 1 is 1.36 bits per heavy atom. The zero-order valence-electron chi connectivity index (χ0n) is 8.87. The molecule has 4 heteroatoms. The Morgan fingerprint density at radius 2 is 2.00 bits per heavy atom. The van der Waals surface area contributed by atoms with Gasteiger partial charge in [-0.2, -0.15) is 0 Å². The summed E-state index contributed by atoms with van der Waals surface area (Å²) < 4.78 is 5.33. The SMILES string of the molecule is CCCCOCCCC[C@H](N)C(=O)O. The molecular weight excluding hydrogens is 182 g/mol. The third kappa shape index (κ3) is 8.01. The Hall–Kier alpha value is -0.610. The molecule has 0 aromatic rings. The molecule has 0 spiro atoms. The van der Waals surface area contributed by atoms with Crippen LogP contribution in [0.2, 0.25) is 0 Å². The van der Waals surface area contributed by atoms with Crippen LogP contribution in [0.3, 0.4) is 0 Å². The fourth-order valence-corrected chi connectivity index (χ4v) is 1.04. The van der Waals surface area contributed by atoms with Gasteiger partial charge >= 0.3 is 5.97 Å². The summed E-state index contributed by atoms with van der Waals surface area (Å²) in [6.07, 6.45) is 4.48. The Labute approximate surface area is 85.4 Å². The van der Waals surface area contributed by atoms with E-state index < -0.39 is 12.0 Å². The number of ether oxygens (including phenoxy) is 1. The first-order valence-corrected chi connectivity index (χ1v) is 5.24. The molecule has 0 saturated heterocycles. The van der Waals surface area contributed by atoms with Crippen LogP contribution in [0.15, 0.2) is 0 Å². The van der Waals surface area contributed by atoms with Crippen molar-refractivity contribution in [2.24, 2.45) is 5.73 Å². The van der Waals surface area contributed by atoms with E-state index in [1.54, 1.807) is 0 Å². The van der Waals surface area contributed by atoms with E-state index in [4.69, 9.17) is 15.6 Å². The number of hydrogen-bond donors (Lipinski definition) is 2. The number of aliphatic carboxylic acids is 1. The molecule has 0 saturated carbocycles. The van der Waals surface area contributed by atoms with Crippen molar-refractivity contribution in [3.05, 3.63) is 0 Å². The first kappa shape index (κ1) is 13.4. The maximum Gasteiger partial charge on any atom is 0.320 e. The number of carbonyl (C=O) groups is 1. The van der Waals surface area contributed by atoms with Crippen molar-refractivity contribution in [1.82, 2.24) is 0 Å². The van der Waals surface area contributed by atoms with Gasteiger partial charge in [0.15, 0.2) is 0 Å². The summed E-state index contributed by atoms with van der Waals surface area (Å²) in [5, 5.41) is 8.50. The van der Waals surface area contributed by atoms with Crippen LogP contribution < -0.4 is 5.73 Å². The second-order valence-corrected chi connectivity index (χ2v) is 3.41. The van der Waals surface area contributed by atoms with Crippen molar-refractivity contribution in [2.75, 3.05) is 13.2 Å². The van der Waals surface area contributed by atoms with Gasteiger partial charge in [-0.25, -0.2) is 0 Å². The molecule has 0 aliphatic rings. The molecule has 0 aliphatic heterocycles. The van der Waals surface area contributed by atoms with Crippen molar-refractivity contribution in [2.45, 2.75) is 45.1 Å². The van der Waals surface area contributed by atoms with Gasteiger partial charge in [0.25, 0.3) is 0 Å². The Morgan fingerprint density at radius 3 is 2.57 bits per heavy atom. The van der Waals surface area contributed by atoms with Gasteiger partial charge in [-0.3, -0.25) is 4.79 Å². The summed E-state index contributed by atoms with van der Waals surface area (Å²) in [6.45, 7) is 3.64. The van der Waals surface area contributed by atoms with Crippen LogP contribution in [0.5, 0.6) is 0 Å². The monoisotopic (exact) mass is 203 g/mol. The molecule has 1 atom stereocenters. The number of rotatable bonds is 9. The van der Waals surface area contributed by atoms with Crippen molar-refractivity contribution < 1.29 is 14.6 Å². The summed E-state index contributed by atoms with van der Waals surface area (Å²) in [4.78, 5) is 10.3. The van der Waals surface area contributed by atoms with Crippen LogP contribution in [-0.2, 0) is 9.53 Å². The van der Waals surface area contributed by atoms with Gasteiger partial charge in [0.1, 0.15) is 6.04 Å². The highest BCUT2D eigenvalue weighted by atomic mass is 16.5. The molecule has 0 fully saturated rings. The molecule has 0 rings (SSSR count). The average Bonchev–Trinajstić information content (AvgIpc) is 2.16. The molecule has 0 bridgehead atoms. The van der Waals surface area contributed by atoms with Crippen molar-refractivity contribution in [3.63, 3.8) is 0 Å².